The predicted octanol–water partition coefficient (Wildman–Crippen LogP) is 1.03. The number of rotatable bonds is 1. The Morgan fingerprint density at radius 2 is 2.46 bits per heavy atom. The Bertz CT molecular complexity index is 384. The summed E-state index contributed by atoms with van der Waals surface area (Å²) in [5, 5.41) is 8.51. The Labute approximate surface area is 80.6 Å². The number of carbonyl (C=O) groups excluding carboxylic acids is 1. The summed E-state index contributed by atoms with van der Waals surface area (Å²) in [6.45, 7) is 0. The summed E-state index contributed by atoms with van der Waals surface area (Å²) in [7, 11) is 1.26. The van der Waals surface area contributed by atoms with E-state index in [1.807, 2.05) is 6.07 Å². The second-order valence-corrected chi connectivity index (χ2v) is 2.68. The van der Waals surface area contributed by atoms with E-state index in [0.717, 1.165) is 0 Å². The van der Waals surface area contributed by atoms with Crippen LogP contribution in [0.3, 0.4) is 0 Å². The van der Waals surface area contributed by atoms with Crippen LogP contribution in [0.25, 0.3) is 0 Å². The van der Waals surface area contributed by atoms with E-state index in [1.165, 1.54) is 19.4 Å². The first-order valence-electron chi connectivity index (χ1n) is 3.36. The van der Waals surface area contributed by atoms with Gasteiger partial charge in [-0.15, -0.1) is 12.6 Å². The third-order valence-electron chi connectivity index (χ3n) is 1.38. The molecule has 0 atom stereocenters. The van der Waals surface area contributed by atoms with Crippen LogP contribution >= 0.6 is 12.6 Å². The van der Waals surface area contributed by atoms with Crippen molar-refractivity contribution in [3.05, 3.63) is 23.5 Å². The highest BCUT2D eigenvalue weighted by atomic mass is 32.1. The molecule has 1 aromatic rings. The van der Waals surface area contributed by atoms with Crippen molar-refractivity contribution in [2.45, 2.75) is 4.90 Å². The molecular formula is C8H6N2O2S. The van der Waals surface area contributed by atoms with Crippen LogP contribution in [0, 0.1) is 11.3 Å². The first-order chi connectivity index (χ1) is 6.19. The monoisotopic (exact) mass is 194 g/mol. The summed E-state index contributed by atoms with van der Waals surface area (Å²) in [4.78, 5) is 15.1. The molecule has 0 aliphatic carbocycles. The van der Waals surface area contributed by atoms with E-state index >= 15 is 0 Å². The van der Waals surface area contributed by atoms with Gasteiger partial charge in [-0.3, -0.25) is 0 Å². The zero-order valence-corrected chi connectivity index (χ0v) is 7.71. The van der Waals surface area contributed by atoms with Crippen molar-refractivity contribution in [1.29, 1.82) is 5.26 Å². The van der Waals surface area contributed by atoms with Gasteiger partial charge in [-0.1, -0.05) is 0 Å². The van der Waals surface area contributed by atoms with Gasteiger partial charge in [0.15, 0.2) is 5.69 Å². The molecule has 0 bridgehead atoms. The predicted molar refractivity (Wildman–Crippen MR) is 47.5 cm³/mol. The quantitative estimate of drug-likeness (QED) is 0.535. The third-order valence-corrected chi connectivity index (χ3v) is 1.72. The van der Waals surface area contributed by atoms with Crippen LogP contribution in [0.15, 0.2) is 17.2 Å². The van der Waals surface area contributed by atoms with E-state index in [0.29, 0.717) is 10.5 Å². The number of pyridine rings is 1. The van der Waals surface area contributed by atoms with Crippen molar-refractivity contribution >= 4 is 18.6 Å². The summed E-state index contributed by atoms with van der Waals surface area (Å²) < 4.78 is 4.46. The molecule has 13 heavy (non-hydrogen) atoms. The van der Waals surface area contributed by atoms with Gasteiger partial charge in [-0.05, 0) is 6.07 Å². The summed E-state index contributed by atoms with van der Waals surface area (Å²) in [6, 6.07) is 3.35. The number of ether oxygens (including phenoxy) is 1. The number of nitrogens with zero attached hydrogens (tertiary/aromatic N) is 2. The summed E-state index contributed by atoms with van der Waals surface area (Å²) in [6.07, 6.45) is 1.30. The molecule has 0 aliphatic heterocycles. The lowest BCUT2D eigenvalue weighted by molar-refractivity contribution is 0.0590. The van der Waals surface area contributed by atoms with Crippen LogP contribution in [0.5, 0.6) is 0 Å². The Hall–Kier alpha value is -1.54. The molecular weight excluding hydrogens is 188 g/mol. The van der Waals surface area contributed by atoms with Crippen molar-refractivity contribution in [3.8, 4) is 6.07 Å². The zero-order chi connectivity index (χ0) is 9.84. The van der Waals surface area contributed by atoms with Crippen LogP contribution in [-0.2, 0) is 4.74 Å². The lowest BCUT2D eigenvalue weighted by Crippen LogP contribution is -2.05. The Balaban J connectivity index is 3.14. The average Bonchev–Trinajstić information content (AvgIpc) is 2.16. The van der Waals surface area contributed by atoms with Gasteiger partial charge >= 0.3 is 5.97 Å². The van der Waals surface area contributed by atoms with Crippen molar-refractivity contribution < 1.29 is 9.53 Å². The maximum atomic E-state index is 11.0. The highest BCUT2D eigenvalue weighted by Crippen LogP contribution is 2.13. The molecule has 0 aliphatic rings. The minimum atomic E-state index is -0.561. The highest BCUT2D eigenvalue weighted by molar-refractivity contribution is 7.80. The maximum absolute atomic E-state index is 11.0. The van der Waals surface area contributed by atoms with Gasteiger partial charge in [0.2, 0.25) is 0 Å². The molecule has 4 nitrogen and oxygen atoms in total. The topological polar surface area (TPSA) is 63.0 Å². The van der Waals surface area contributed by atoms with E-state index in [1.54, 1.807) is 0 Å². The van der Waals surface area contributed by atoms with Crippen molar-refractivity contribution in [3.63, 3.8) is 0 Å². The first-order valence-corrected chi connectivity index (χ1v) is 3.81. The molecule has 0 unspecified atom stereocenters. The fourth-order valence-electron chi connectivity index (χ4n) is 0.768. The Morgan fingerprint density at radius 1 is 1.77 bits per heavy atom. The fourth-order valence-corrected chi connectivity index (χ4v) is 1.06. The second kappa shape index (κ2) is 3.92. The van der Waals surface area contributed by atoms with Gasteiger partial charge in [0.25, 0.3) is 0 Å². The molecule has 0 amide bonds. The van der Waals surface area contributed by atoms with Crippen LogP contribution in [0.4, 0.5) is 0 Å². The SMILES string of the molecule is COC(=O)c1ncc(C#N)cc1S. The number of carbonyl (C=O) groups is 1. The van der Waals surface area contributed by atoms with Gasteiger partial charge in [0.1, 0.15) is 6.07 Å². The fraction of sp³-hybridized carbons (Fsp3) is 0.125. The van der Waals surface area contributed by atoms with Crippen molar-refractivity contribution in [1.82, 2.24) is 4.98 Å². The van der Waals surface area contributed by atoms with Gasteiger partial charge in [-0.25, -0.2) is 9.78 Å². The van der Waals surface area contributed by atoms with Crippen LogP contribution in [-0.4, -0.2) is 18.1 Å². The van der Waals surface area contributed by atoms with E-state index in [4.69, 9.17) is 5.26 Å². The average molecular weight is 194 g/mol. The van der Waals surface area contributed by atoms with Crippen LogP contribution < -0.4 is 0 Å². The second-order valence-electron chi connectivity index (χ2n) is 2.20. The number of hydrogen-bond acceptors (Lipinski definition) is 5. The van der Waals surface area contributed by atoms with E-state index in [2.05, 4.69) is 22.3 Å². The summed E-state index contributed by atoms with van der Waals surface area (Å²) in [5.74, 6) is -0.561. The largest absolute Gasteiger partial charge is 0.464 e. The molecule has 0 spiro atoms. The molecule has 1 heterocycles. The molecule has 0 N–H and O–H groups in total. The molecule has 0 aromatic carbocycles. The molecule has 0 saturated carbocycles. The maximum Gasteiger partial charge on any atom is 0.357 e. The number of aromatic nitrogens is 1. The minimum absolute atomic E-state index is 0.116. The van der Waals surface area contributed by atoms with E-state index < -0.39 is 5.97 Å². The number of nitriles is 1. The third kappa shape index (κ3) is 1.98. The molecule has 5 heteroatoms. The van der Waals surface area contributed by atoms with Gasteiger partial charge < -0.3 is 4.74 Å². The molecule has 0 saturated heterocycles. The van der Waals surface area contributed by atoms with Crippen LogP contribution in [0.1, 0.15) is 16.1 Å². The molecule has 1 aromatic heterocycles. The molecule has 66 valence electrons. The number of thiol groups is 1. The molecule has 0 fully saturated rings. The van der Waals surface area contributed by atoms with Gasteiger partial charge in [-0.2, -0.15) is 5.26 Å². The lowest BCUT2D eigenvalue weighted by Gasteiger charge is -2.00. The molecule has 1 rings (SSSR count). The normalized spacial score (nSPS) is 9.00. The van der Waals surface area contributed by atoms with Gasteiger partial charge in [0, 0.05) is 11.1 Å². The Kier molecular flexibility index (Phi) is 2.88. The number of esters is 1. The zero-order valence-electron chi connectivity index (χ0n) is 6.81. The molecule has 0 radical (unpaired) electrons. The van der Waals surface area contributed by atoms with Gasteiger partial charge in [0.05, 0.1) is 12.7 Å². The van der Waals surface area contributed by atoms with Crippen LogP contribution in [0.2, 0.25) is 0 Å². The lowest BCUT2D eigenvalue weighted by atomic mass is 10.2. The summed E-state index contributed by atoms with van der Waals surface area (Å²) in [5.41, 5.74) is 0.475. The first kappa shape index (κ1) is 9.55. The number of hydrogen-bond donors (Lipinski definition) is 1. The van der Waals surface area contributed by atoms with Crippen molar-refractivity contribution in [2.75, 3.05) is 7.11 Å². The summed E-state index contributed by atoms with van der Waals surface area (Å²) >= 11 is 4.00. The number of methoxy groups -OCH3 is 1. The smallest absolute Gasteiger partial charge is 0.357 e. The minimum Gasteiger partial charge on any atom is -0.464 e. The highest BCUT2D eigenvalue weighted by Gasteiger charge is 2.11. The standard InChI is InChI=1S/C8H6N2O2S/c1-12-8(11)7-6(13)2-5(3-9)4-10-7/h2,4,13H,1H3. The van der Waals surface area contributed by atoms with E-state index in [9.17, 15) is 4.79 Å². The van der Waals surface area contributed by atoms with Crippen molar-refractivity contribution in [2.24, 2.45) is 0 Å². The Morgan fingerprint density at radius 3 is 2.92 bits per heavy atom. The van der Waals surface area contributed by atoms with E-state index in [-0.39, 0.29) is 5.69 Å².